The molecule has 1 atom stereocenters. The minimum absolute atomic E-state index is 0.0231. The Hall–Kier alpha value is -1.11. The lowest BCUT2D eigenvalue weighted by molar-refractivity contribution is 0.170. The molecule has 6 nitrogen and oxygen atoms in total. The molecule has 7 heteroatoms. The molecule has 0 spiro atoms. The summed E-state index contributed by atoms with van der Waals surface area (Å²) < 4.78 is 4.98. The van der Waals surface area contributed by atoms with Gasteiger partial charge in [0.2, 0.25) is 0 Å². The molecule has 0 radical (unpaired) electrons. The van der Waals surface area contributed by atoms with Crippen molar-refractivity contribution in [2.24, 2.45) is 0 Å². The zero-order chi connectivity index (χ0) is 12.0. The standard InChI is InChI=1S/C9H14ClN3O3/c1-16-5-6(2-3-14)12-7-4-11-13-9(15)8(7)10/h4,6,14H,2-3,5H2,1H3,(H2,12,13,15). The number of aromatic nitrogens is 2. The van der Waals surface area contributed by atoms with Gasteiger partial charge in [-0.2, -0.15) is 5.10 Å². The molecule has 3 N–H and O–H groups in total. The van der Waals surface area contributed by atoms with Crippen LogP contribution >= 0.6 is 11.6 Å². The summed E-state index contributed by atoms with van der Waals surface area (Å²) in [7, 11) is 1.56. The van der Waals surface area contributed by atoms with Crippen molar-refractivity contribution >= 4 is 17.3 Å². The van der Waals surface area contributed by atoms with Crippen molar-refractivity contribution in [3.8, 4) is 0 Å². The number of ether oxygens (including phenoxy) is 1. The van der Waals surface area contributed by atoms with Gasteiger partial charge in [0.15, 0.2) is 0 Å². The maximum Gasteiger partial charge on any atom is 0.285 e. The van der Waals surface area contributed by atoms with Gasteiger partial charge in [-0.05, 0) is 6.42 Å². The second-order valence-electron chi connectivity index (χ2n) is 3.24. The molecule has 0 saturated carbocycles. The molecule has 0 aromatic carbocycles. The summed E-state index contributed by atoms with van der Waals surface area (Å²) in [5.74, 6) is 0. The smallest absolute Gasteiger partial charge is 0.285 e. The number of halogens is 1. The zero-order valence-electron chi connectivity index (χ0n) is 8.86. The third kappa shape index (κ3) is 3.48. The number of rotatable bonds is 6. The SMILES string of the molecule is COCC(CCO)Nc1cn[nH]c(=O)c1Cl. The second kappa shape index (κ2) is 6.47. The second-order valence-corrected chi connectivity index (χ2v) is 3.61. The number of anilines is 1. The van der Waals surface area contributed by atoms with Gasteiger partial charge in [0.1, 0.15) is 5.02 Å². The van der Waals surface area contributed by atoms with E-state index in [9.17, 15) is 4.79 Å². The van der Waals surface area contributed by atoms with Crippen LogP contribution in [0.3, 0.4) is 0 Å². The quantitative estimate of drug-likeness (QED) is 0.670. The molecule has 0 bridgehead atoms. The number of hydrogen-bond donors (Lipinski definition) is 3. The number of H-pyrrole nitrogens is 1. The fourth-order valence-corrected chi connectivity index (χ4v) is 1.40. The van der Waals surface area contributed by atoms with E-state index >= 15 is 0 Å². The number of nitrogens with one attached hydrogen (secondary N) is 2. The van der Waals surface area contributed by atoms with Crippen molar-refractivity contribution in [3.05, 3.63) is 21.6 Å². The largest absolute Gasteiger partial charge is 0.396 e. The molecule has 0 aliphatic heterocycles. The van der Waals surface area contributed by atoms with Crippen molar-refractivity contribution in [2.45, 2.75) is 12.5 Å². The Kier molecular flexibility index (Phi) is 5.24. The number of aliphatic hydroxyl groups excluding tert-OH is 1. The van der Waals surface area contributed by atoms with Crippen LogP contribution in [0.2, 0.25) is 5.02 Å². The summed E-state index contributed by atoms with van der Waals surface area (Å²) in [6.07, 6.45) is 1.92. The van der Waals surface area contributed by atoms with Gasteiger partial charge in [0, 0.05) is 13.7 Å². The van der Waals surface area contributed by atoms with Gasteiger partial charge in [-0.1, -0.05) is 11.6 Å². The third-order valence-corrected chi connectivity index (χ3v) is 2.38. The minimum Gasteiger partial charge on any atom is -0.396 e. The molecule has 1 heterocycles. The molecule has 1 rings (SSSR count). The summed E-state index contributed by atoms with van der Waals surface area (Å²) in [5, 5.41) is 17.7. The Morgan fingerprint density at radius 2 is 2.50 bits per heavy atom. The number of nitrogens with zero attached hydrogens (tertiary/aromatic N) is 1. The monoisotopic (exact) mass is 247 g/mol. The van der Waals surface area contributed by atoms with E-state index in [1.807, 2.05) is 0 Å². The first-order valence-corrected chi connectivity index (χ1v) is 5.16. The number of aromatic amines is 1. The zero-order valence-corrected chi connectivity index (χ0v) is 9.62. The van der Waals surface area contributed by atoms with E-state index in [0.29, 0.717) is 18.7 Å². The molecular formula is C9H14ClN3O3. The van der Waals surface area contributed by atoms with Crippen LogP contribution in [0.15, 0.2) is 11.0 Å². The van der Waals surface area contributed by atoms with E-state index < -0.39 is 5.56 Å². The number of hydrogen-bond acceptors (Lipinski definition) is 5. The Labute approximate surface area is 97.6 Å². The van der Waals surface area contributed by atoms with Crippen LogP contribution < -0.4 is 10.9 Å². The lowest BCUT2D eigenvalue weighted by Crippen LogP contribution is -2.27. The van der Waals surface area contributed by atoms with Crippen LogP contribution in [-0.4, -0.2) is 41.7 Å². The summed E-state index contributed by atoms with van der Waals surface area (Å²) in [6.45, 7) is 0.430. The first-order valence-electron chi connectivity index (χ1n) is 4.78. The molecule has 90 valence electrons. The Morgan fingerprint density at radius 3 is 3.12 bits per heavy atom. The van der Waals surface area contributed by atoms with Gasteiger partial charge >= 0.3 is 0 Å². The summed E-state index contributed by atoms with van der Waals surface area (Å²) in [6, 6.07) is -0.115. The maximum absolute atomic E-state index is 11.2. The average Bonchev–Trinajstić information content (AvgIpc) is 2.25. The van der Waals surface area contributed by atoms with E-state index in [1.165, 1.54) is 6.20 Å². The van der Waals surface area contributed by atoms with Gasteiger partial charge in [-0.25, -0.2) is 5.10 Å². The van der Waals surface area contributed by atoms with Crippen molar-refractivity contribution in [1.29, 1.82) is 0 Å². The molecule has 1 unspecified atom stereocenters. The van der Waals surface area contributed by atoms with Gasteiger partial charge < -0.3 is 15.2 Å². The van der Waals surface area contributed by atoms with Crippen LogP contribution in [0.4, 0.5) is 5.69 Å². The van der Waals surface area contributed by atoms with Crippen LogP contribution in [0.25, 0.3) is 0 Å². The van der Waals surface area contributed by atoms with Crippen LogP contribution in [-0.2, 0) is 4.74 Å². The molecule has 16 heavy (non-hydrogen) atoms. The van der Waals surface area contributed by atoms with Gasteiger partial charge in [0.05, 0.1) is 24.5 Å². The maximum atomic E-state index is 11.2. The van der Waals surface area contributed by atoms with Crippen LogP contribution in [0.1, 0.15) is 6.42 Å². The molecular weight excluding hydrogens is 234 g/mol. The first-order chi connectivity index (χ1) is 7.69. The lowest BCUT2D eigenvalue weighted by Gasteiger charge is -2.18. The summed E-state index contributed by atoms with van der Waals surface area (Å²) in [4.78, 5) is 11.2. The van der Waals surface area contributed by atoms with Gasteiger partial charge in [-0.3, -0.25) is 4.79 Å². The Balaban J connectivity index is 2.76. The fourth-order valence-electron chi connectivity index (χ4n) is 1.26. The van der Waals surface area contributed by atoms with Crippen molar-refractivity contribution in [3.63, 3.8) is 0 Å². The van der Waals surface area contributed by atoms with Crippen molar-refractivity contribution < 1.29 is 9.84 Å². The number of aliphatic hydroxyl groups is 1. The normalized spacial score (nSPS) is 12.4. The average molecular weight is 248 g/mol. The molecule has 0 saturated heterocycles. The van der Waals surface area contributed by atoms with Gasteiger partial charge in [-0.15, -0.1) is 0 Å². The highest BCUT2D eigenvalue weighted by atomic mass is 35.5. The molecule has 1 aromatic heterocycles. The van der Waals surface area contributed by atoms with E-state index in [1.54, 1.807) is 7.11 Å². The minimum atomic E-state index is -0.452. The third-order valence-electron chi connectivity index (χ3n) is 2.00. The molecule has 0 amide bonds. The topological polar surface area (TPSA) is 87.2 Å². The number of methoxy groups -OCH3 is 1. The molecule has 1 aromatic rings. The van der Waals surface area contributed by atoms with E-state index in [4.69, 9.17) is 21.4 Å². The van der Waals surface area contributed by atoms with Crippen molar-refractivity contribution in [1.82, 2.24) is 10.2 Å². The Bertz CT molecular complexity index is 377. The summed E-state index contributed by atoms with van der Waals surface area (Å²) >= 11 is 5.79. The van der Waals surface area contributed by atoms with Crippen molar-refractivity contribution in [2.75, 3.05) is 25.6 Å². The summed E-state index contributed by atoms with van der Waals surface area (Å²) in [5.41, 5.74) is -0.0206. The first kappa shape index (κ1) is 13.0. The highest BCUT2D eigenvalue weighted by Gasteiger charge is 2.11. The van der Waals surface area contributed by atoms with Gasteiger partial charge in [0.25, 0.3) is 5.56 Å². The van der Waals surface area contributed by atoms with E-state index in [-0.39, 0.29) is 17.7 Å². The molecule has 0 aliphatic carbocycles. The van der Waals surface area contributed by atoms with Crippen LogP contribution in [0, 0.1) is 0 Å². The van der Waals surface area contributed by atoms with Crippen LogP contribution in [0.5, 0.6) is 0 Å². The predicted octanol–water partition coefficient (Wildman–Crippen LogP) is 0.233. The van der Waals surface area contributed by atoms with E-state index in [2.05, 4.69) is 15.5 Å². The Morgan fingerprint density at radius 1 is 1.75 bits per heavy atom. The molecule has 0 fully saturated rings. The fraction of sp³-hybridized carbons (Fsp3) is 0.556. The highest BCUT2D eigenvalue weighted by Crippen LogP contribution is 2.16. The predicted molar refractivity (Wildman–Crippen MR) is 60.9 cm³/mol. The molecule has 0 aliphatic rings. The lowest BCUT2D eigenvalue weighted by atomic mass is 10.2. The highest BCUT2D eigenvalue weighted by molar-refractivity contribution is 6.32. The van der Waals surface area contributed by atoms with E-state index in [0.717, 1.165) is 0 Å².